The standard InChI is InChI=1S/C26H32FN5O2S/c1-26(2,3)24-30-29-23(35-24)17-32(25(33)34)15-12-18-10-13-31(14-11-18)22-9-6-20(16-28-22)19-4-7-21(27)8-5-19/h4-9,16,18H,10-15,17H2,1-3H3,(H,33,34). The number of benzene rings is 1. The Morgan fingerprint density at radius 1 is 1.11 bits per heavy atom. The van der Waals surface area contributed by atoms with E-state index in [0.717, 1.165) is 59.3 Å². The molecule has 1 fully saturated rings. The molecule has 0 atom stereocenters. The molecule has 3 aromatic rings. The third-order valence-electron chi connectivity index (χ3n) is 6.38. The van der Waals surface area contributed by atoms with Crippen molar-refractivity contribution >= 4 is 23.2 Å². The Morgan fingerprint density at radius 2 is 1.80 bits per heavy atom. The van der Waals surface area contributed by atoms with Crippen molar-refractivity contribution in [2.24, 2.45) is 5.92 Å². The molecule has 1 aliphatic heterocycles. The number of nitrogens with zero attached hydrogens (tertiary/aromatic N) is 5. The molecule has 2 aromatic heterocycles. The molecule has 0 bridgehead atoms. The van der Waals surface area contributed by atoms with Crippen LogP contribution < -0.4 is 4.90 Å². The Bertz CT molecular complexity index is 1120. The van der Waals surface area contributed by atoms with Gasteiger partial charge in [-0.2, -0.15) is 0 Å². The van der Waals surface area contributed by atoms with Crippen molar-refractivity contribution in [1.29, 1.82) is 0 Å². The van der Waals surface area contributed by atoms with E-state index in [1.54, 1.807) is 12.1 Å². The van der Waals surface area contributed by atoms with Crippen LogP contribution in [0.15, 0.2) is 42.6 Å². The largest absolute Gasteiger partial charge is 0.465 e. The zero-order valence-electron chi connectivity index (χ0n) is 20.4. The van der Waals surface area contributed by atoms with Crippen LogP contribution >= 0.6 is 11.3 Å². The lowest BCUT2D eigenvalue weighted by atomic mass is 9.93. The van der Waals surface area contributed by atoms with Crippen molar-refractivity contribution in [2.45, 2.75) is 52.0 Å². The number of aromatic nitrogens is 3. The molecule has 9 heteroatoms. The van der Waals surface area contributed by atoms with E-state index < -0.39 is 6.09 Å². The van der Waals surface area contributed by atoms with Crippen LogP contribution in [0.3, 0.4) is 0 Å². The van der Waals surface area contributed by atoms with E-state index in [4.69, 9.17) is 0 Å². The SMILES string of the molecule is CC(C)(C)c1nnc(CN(CCC2CCN(c3ccc(-c4ccc(F)cc4)cn3)CC2)C(=O)O)s1. The van der Waals surface area contributed by atoms with Gasteiger partial charge in [-0.1, -0.05) is 44.2 Å². The van der Waals surface area contributed by atoms with Gasteiger partial charge in [0.2, 0.25) is 0 Å². The Balaban J connectivity index is 1.27. The molecule has 1 aromatic carbocycles. The maximum atomic E-state index is 13.2. The third kappa shape index (κ3) is 6.54. The van der Waals surface area contributed by atoms with Gasteiger partial charge in [-0.25, -0.2) is 14.2 Å². The highest BCUT2D eigenvalue weighted by Crippen LogP contribution is 2.28. The van der Waals surface area contributed by atoms with Crippen LogP contribution in [0.5, 0.6) is 0 Å². The number of piperidine rings is 1. The summed E-state index contributed by atoms with van der Waals surface area (Å²) in [4.78, 5) is 20.2. The number of amides is 1. The fourth-order valence-corrected chi connectivity index (χ4v) is 5.11. The lowest BCUT2D eigenvalue weighted by Crippen LogP contribution is -2.36. The predicted octanol–water partition coefficient (Wildman–Crippen LogP) is 5.82. The van der Waals surface area contributed by atoms with Crippen molar-refractivity contribution in [3.63, 3.8) is 0 Å². The van der Waals surface area contributed by atoms with E-state index in [-0.39, 0.29) is 17.8 Å². The quantitative estimate of drug-likeness (QED) is 0.443. The van der Waals surface area contributed by atoms with Crippen LogP contribution in [0.2, 0.25) is 0 Å². The summed E-state index contributed by atoms with van der Waals surface area (Å²) in [5, 5.41) is 19.8. The Labute approximate surface area is 209 Å². The summed E-state index contributed by atoms with van der Waals surface area (Å²) in [6, 6.07) is 10.5. The smallest absolute Gasteiger partial charge is 0.407 e. The Hall–Kier alpha value is -3.07. The van der Waals surface area contributed by atoms with Crippen molar-refractivity contribution in [3.05, 3.63) is 58.4 Å². The van der Waals surface area contributed by atoms with Gasteiger partial charge in [-0.05, 0) is 55.0 Å². The third-order valence-corrected chi connectivity index (χ3v) is 7.71. The fraction of sp³-hybridized carbons (Fsp3) is 0.462. The maximum Gasteiger partial charge on any atom is 0.407 e. The molecule has 1 aliphatic rings. The highest BCUT2D eigenvalue weighted by Gasteiger charge is 2.24. The molecule has 7 nitrogen and oxygen atoms in total. The molecule has 186 valence electrons. The number of rotatable bonds is 7. The highest BCUT2D eigenvalue weighted by molar-refractivity contribution is 7.11. The normalized spacial score (nSPS) is 14.8. The van der Waals surface area contributed by atoms with Crippen molar-refractivity contribution in [2.75, 3.05) is 24.5 Å². The molecule has 0 spiro atoms. The molecular formula is C26H32FN5O2S. The molecule has 4 rings (SSSR count). The molecule has 0 radical (unpaired) electrons. The Kier molecular flexibility index (Phi) is 7.64. The van der Waals surface area contributed by atoms with E-state index in [9.17, 15) is 14.3 Å². The molecule has 0 unspecified atom stereocenters. The van der Waals surface area contributed by atoms with Crippen LogP contribution in [-0.2, 0) is 12.0 Å². The molecule has 35 heavy (non-hydrogen) atoms. The summed E-state index contributed by atoms with van der Waals surface area (Å²) >= 11 is 1.49. The van der Waals surface area contributed by atoms with Crippen LogP contribution in [0.1, 0.15) is 50.0 Å². The van der Waals surface area contributed by atoms with Crippen LogP contribution in [0.25, 0.3) is 11.1 Å². The monoisotopic (exact) mass is 497 g/mol. The van der Waals surface area contributed by atoms with Gasteiger partial charge in [0.1, 0.15) is 21.7 Å². The summed E-state index contributed by atoms with van der Waals surface area (Å²) < 4.78 is 13.2. The second-order valence-electron chi connectivity index (χ2n) is 10.1. The minimum absolute atomic E-state index is 0.0892. The van der Waals surface area contributed by atoms with Gasteiger partial charge in [-0.15, -0.1) is 10.2 Å². The van der Waals surface area contributed by atoms with Gasteiger partial charge in [0, 0.05) is 36.8 Å². The topological polar surface area (TPSA) is 82.5 Å². The van der Waals surface area contributed by atoms with Crippen LogP contribution in [0, 0.1) is 11.7 Å². The minimum Gasteiger partial charge on any atom is -0.465 e. The molecule has 1 saturated heterocycles. The predicted molar refractivity (Wildman–Crippen MR) is 136 cm³/mol. The fourth-order valence-electron chi connectivity index (χ4n) is 4.20. The molecular weight excluding hydrogens is 465 g/mol. The van der Waals surface area contributed by atoms with Gasteiger partial charge in [0.15, 0.2) is 0 Å². The van der Waals surface area contributed by atoms with E-state index in [1.807, 2.05) is 18.3 Å². The number of hydrogen-bond acceptors (Lipinski definition) is 6. The van der Waals surface area contributed by atoms with Crippen molar-refractivity contribution < 1.29 is 14.3 Å². The van der Waals surface area contributed by atoms with Crippen molar-refractivity contribution in [3.8, 4) is 11.1 Å². The number of anilines is 1. The molecule has 0 saturated carbocycles. The van der Waals surface area contributed by atoms with Gasteiger partial charge < -0.3 is 14.9 Å². The second kappa shape index (κ2) is 10.7. The maximum absolute atomic E-state index is 13.2. The lowest BCUT2D eigenvalue weighted by molar-refractivity contribution is 0.137. The average Bonchev–Trinajstić information content (AvgIpc) is 3.32. The lowest BCUT2D eigenvalue weighted by Gasteiger charge is -2.33. The molecule has 0 aliphatic carbocycles. The summed E-state index contributed by atoms with van der Waals surface area (Å²) in [6.45, 7) is 8.80. The average molecular weight is 498 g/mol. The first-order valence-electron chi connectivity index (χ1n) is 12.0. The van der Waals surface area contributed by atoms with Gasteiger partial charge >= 0.3 is 6.09 Å². The number of carbonyl (C=O) groups is 1. The van der Waals surface area contributed by atoms with Gasteiger partial charge in [0.25, 0.3) is 0 Å². The van der Waals surface area contributed by atoms with Gasteiger partial charge in [0.05, 0.1) is 6.54 Å². The van der Waals surface area contributed by atoms with Crippen LogP contribution in [-0.4, -0.2) is 50.9 Å². The Morgan fingerprint density at radius 3 is 2.37 bits per heavy atom. The van der Waals surface area contributed by atoms with E-state index in [0.29, 0.717) is 12.5 Å². The summed E-state index contributed by atoms with van der Waals surface area (Å²) in [7, 11) is 0. The number of carboxylic acid groups (broad SMARTS) is 1. The first kappa shape index (κ1) is 25.0. The summed E-state index contributed by atoms with van der Waals surface area (Å²) in [5.41, 5.74) is 1.81. The van der Waals surface area contributed by atoms with Crippen molar-refractivity contribution in [1.82, 2.24) is 20.1 Å². The summed E-state index contributed by atoms with van der Waals surface area (Å²) in [6.07, 6.45) is 3.75. The molecule has 3 heterocycles. The van der Waals surface area contributed by atoms with Crippen LogP contribution in [0.4, 0.5) is 15.0 Å². The summed E-state index contributed by atoms with van der Waals surface area (Å²) in [5.74, 6) is 1.17. The molecule has 1 amide bonds. The number of pyridine rings is 1. The van der Waals surface area contributed by atoms with E-state index in [2.05, 4.69) is 40.9 Å². The zero-order valence-corrected chi connectivity index (χ0v) is 21.3. The molecule has 1 N–H and O–H groups in total. The van der Waals surface area contributed by atoms with E-state index >= 15 is 0 Å². The number of halogens is 1. The second-order valence-corrected chi connectivity index (χ2v) is 11.1. The zero-order chi connectivity index (χ0) is 25.0. The first-order chi connectivity index (χ1) is 16.7. The van der Waals surface area contributed by atoms with Gasteiger partial charge in [-0.3, -0.25) is 0 Å². The number of hydrogen-bond donors (Lipinski definition) is 1. The first-order valence-corrected chi connectivity index (χ1v) is 12.8. The highest BCUT2D eigenvalue weighted by atomic mass is 32.1. The van der Waals surface area contributed by atoms with E-state index in [1.165, 1.54) is 28.4 Å². The minimum atomic E-state index is -0.916.